The molecular weight excluding hydrogens is 210 g/mol. The van der Waals surface area contributed by atoms with E-state index < -0.39 is 0 Å². The van der Waals surface area contributed by atoms with E-state index in [4.69, 9.17) is 4.42 Å². The Labute approximate surface area is 93.2 Å². The van der Waals surface area contributed by atoms with Gasteiger partial charge in [0.1, 0.15) is 0 Å². The lowest BCUT2D eigenvalue weighted by atomic mass is 10.3. The summed E-state index contributed by atoms with van der Waals surface area (Å²) in [5.74, 6) is 0.324. The second-order valence-corrected chi connectivity index (χ2v) is 3.57. The molecule has 1 aliphatic rings. The molecule has 0 aliphatic carbocycles. The van der Waals surface area contributed by atoms with Crippen molar-refractivity contribution in [2.75, 3.05) is 33.2 Å². The van der Waals surface area contributed by atoms with Crippen LogP contribution in [0.3, 0.4) is 0 Å². The van der Waals surface area contributed by atoms with E-state index in [1.165, 1.54) is 0 Å². The third-order valence-electron chi connectivity index (χ3n) is 2.38. The highest BCUT2D eigenvalue weighted by atomic mass is 16.4. The molecule has 0 aromatic carbocycles. The highest BCUT2D eigenvalue weighted by Crippen LogP contribution is 2.05. The van der Waals surface area contributed by atoms with Gasteiger partial charge in [0.2, 0.25) is 5.89 Å². The van der Waals surface area contributed by atoms with Crippen molar-refractivity contribution in [3.8, 4) is 0 Å². The van der Waals surface area contributed by atoms with E-state index in [1.54, 1.807) is 11.9 Å². The van der Waals surface area contributed by atoms with Gasteiger partial charge < -0.3 is 20.0 Å². The summed E-state index contributed by atoms with van der Waals surface area (Å²) in [7, 11) is 1.78. The molecule has 1 aromatic heterocycles. The molecule has 1 saturated heterocycles. The number of rotatable bonds is 3. The van der Waals surface area contributed by atoms with Crippen LogP contribution < -0.4 is 10.6 Å². The number of hydrogen-bond donors (Lipinski definition) is 2. The van der Waals surface area contributed by atoms with Gasteiger partial charge in [-0.05, 0) is 7.05 Å². The van der Waals surface area contributed by atoms with Gasteiger partial charge in [-0.3, -0.25) is 4.79 Å². The Morgan fingerprint density at radius 2 is 2.25 bits per heavy atom. The van der Waals surface area contributed by atoms with Gasteiger partial charge in [-0.25, -0.2) is 0 Å². The van der Waals surface area contributed by atoms with Gasteiger partial charge in [-0.2, -0.15) is 0 Å². The molecule has 7 nitrogen and oxygen atoms in total. The van der Waals surface area contributed by atoms with Crippen molar-refractivity contribution in [1.82, 2.24) is 25.7 Å². The third-order valence-corrected chi connectivity index (χ3v) is 2.38. The summed E-state index contributed by atoms with van der Waals surface area (Å²) in [6, 6.07) is 0. The van der Waals surface area contributed by atoms with Gasteiger partial charge in [0.05, 0.1) is 6.54 Å². The van der Waals surface area contributed by atoms with Crippen LogP contribution in [-0.2, 0) is 6.54 Å². The minimum Gasteiger partial charge on any atom is -0.415 e. The first-order valence-corrected chi connectivity index (χ1v) is 5.28. The van der Waals surface area contributed by atoms with Crippen molar-refractivity contribution < 1.29 is 9.21 Å². The van der Waals surface area contributed by atoms with E-state index in [1.807, 2.05) is 0 Å². The average Bonchev–Trinajstić information content (AvgIpc) is 2.78. The van der Waals surface area contributed by atoms with Gasteiger partial charge in [0.15, 0.2) is 0 Å². The Hall–Kier alpha value is -1.47. The molecule has 1 aliphatic heterocycles. The van der Waals surface area contributed by atoms with Gasteiger partial charge in [0, 0.05) is 26.2 Å². The van der Waals surface area contributed by atoms with Crippen molar-refractivity contribution in [1.29, 1.82) is 0 Å². The van der Waals surface area contributed by atoms with E-state index in [2.05, 4.69) is 20.8 Å². The highest BCUT2D eigenvalue weighted by Gasteiger charge is 2.22. The molecule has 7 heteroatoms. The Morgan fingerprint density at radius 1 is 1.50 bits per heavy atom. The predicted molar refractivity (Wildman–Crippen MR) is 55.8 cm³/mol. The molecule has 0 unspecified atom stereocenters. The summed E-state index contributed by atoms with van der Waals surface area (Å²) in [6.45, 7) is 3.46. The maximum absolute atomic E-state index is 11.9. The SMILES string of the molecule is CNCc1nnc(C(=O)N2CCNCC2)o1. The number of amides is 1. The number of nitrogens with zero attached hydrogens (tertiary/aromatic N) is 3. The van der Waals surface area contributed by atoms with E-state index >= 15 is 0 Å². The fourth-order valence-electron chi connectivity index (χ4n) is 1.57. The number of aromatic nitrogens is 2. The molecule has 1 fully saturated rings. The van der Waals surface area contributed by atoms with Crippen molar-refractivity contribution in [2.45, 2.75) is 6.54 Å². The van der Waals surface area contributed by atoms with Crippen LogP contribution in [0.1, 0.15) is 16.6 Å². The minimum atomic E-state index is -0.184. The van der Waals surface area contributed by atoms with Gasteiger partial charge in [-0.15, -0.1) is 10.2 Å². The maximum Gasteiger partial charge on any atom is 0.311 e. The smallest absolute Gasteiger partial charge is 0.311 e. The fraction of sp³-hybridized carbons (Fsp3) is 0.667. The molecule has 2 rings (SSSR count). The lowest BCUT2D eigenvalue weighted by Gasteiger charge is -2.25. The van der Waals surface area contributed by atoms with Crippen LogP contribution >= 0.6 is 0 Å². The van der Waals surface area contributed by atoms with Gasteiger partial charge >= 0.3 is 11.8 Å². The summed E-state index contributed by atoms with van der Waals surface area (Å²) < 4.78 is 5.24. The van der Waals surface area contributed by atoms with E-state index in [0.29, 0.717) is 25.5 Å². The van der Waals surface area contributed by atoms with Crippen LogP contribution in [-0.4, -0.2) is 54.2 Å². The van der Waals surface area contributed by atoms with Crippen LogP contribution in [0.15, 0.2) is 4.42 Å². The second kappa shape index (κ2) is 5.04. The first-order valence-electron chi connectivity index (χ1n) is 5.28. The highest BCUT2D eigenvalue weighted by molar-refractivity contribution is 5.89. The molecule has 1 amide bonds. The average molecular weight is 225 g/mol. The van der Waals surface area contributed by atoms with Crippen LogP contribution in [0.4, 0.5) is 0 Å². The second-order valence-electron chi connectivity index (χ2n) is 3.57. The minimum absolute atomic E-state index is 0.0761. The van der Waals surface area contributed by atoms with Crippen LogP contribution in [0.5, 0.6) is 0 Å². The van der Waals surface area contributed by atoms with Crippen molar-refractivity contribution >= 4 is 5.91 Å². The number of carbonyl (C=O) groups is 1. The molecule has 0 radical (unpaired) electrons. The van der Waals surface area contributed by atoms with Crippen molar-refractivity contribution in [3.05, 3.63) is 11.8 Å². The summed E-state index contributed by atoms with van der Waals surface area (Å²) in [5.41, 5.74) is 0. The van der Waals surface area contributed by atoms with E-state index in [0.717, 1.165) is 13.1 Å². The molecule has 2 N–H and O–H groups in total. The van der Waals surface area contributed by atoms with Gasteiger partial charge in [0.25, 0.3) is 0 Å². The predicted octanol–water partition coefficient (Wildman–Crippen LogP) is -1.17. The molecule has 2 heterocycles. The standard InChI is InChI=1S/C9H15N5O2/c1-10-6-7-12-13-8(16-7)9(15)14-4-2-11-3-5-14/h10-11H,2-6H2,1H3. The summed E-state index contributed by atoms with van der Waals surface area (Å²) in [5, 5.41) is 13.6. The molecule has 0 bridgehead atoms. The Kier molecular flexibility index (Phi) is 3.47. The molecule has 88 valence electrons. The van der Waals surface area contributed by atoms with E-state index in [-0.39, 0.29) is 11.8 Å². The summed E-state index contributed by atoms with van der Waals surface area (Å²) in [4.78, 5) is 13.6. The normalized spacial score (nSPS) is 16.4. The maximum atomic E-state index is 11.9. The lowest BCUT2D eigenvalue weighted by Crippen LogP contribution is -2.46. The molecule has 0 saturated carbocycles. The van der Waals surface area contributed by atoms with Gasteiger partial charge in [-0.1, -0.05) is 0 Å². The topological polar surface area (TPSA) is 83.3 Å². The first-order chi connectivity index (χ1) is 7.81. The van der Waals surface area contributed by atoms with Crippen molar-refractivity contribution in [2.24, 2.45) is 0 Å². The van der Waals surface area contributed by atoms with E-state index in [9.17, 15) is 4.79 Å². The number of carbonyl (C=O) groups excluding carboxylic acids is 1. The molecular formula is C9H15N5O2. The van der Waals surface area contributed by atoms with Crippen LogP contribution in [0.25, 0.3) is 0 Å². The Balaban J connectivity index is 2.01. The lowest BCUT2D eigenvalue weighted by molar-refractivity contribution is 0.0693. The fourth-order valence-corrected chi connectivity index (χ4v) is 1.57. The quantitative estimate of drug-likeness (QED) is 0.674. The summed E-state index contributed by atoms with van der Waals surface area (Å²) >= 11 is 0. The number of nitrogens with one attached hydrogen (secondary N) is 2. The first kappa shape index (κ1) is 11.0. The zero-order valence-corrected chi connectivity index (χ0v) is 9.19. The van der Waals surface area contributed by atoms with Crippen molar-refractivity contribution in [3.63, 3.8) is 0 Å². The van der Waals surface area contributed by atoms with Crippen LogP contribution in [0, 0.1) is 0 Å². The molecule has 1 aromatic rings. The Morgan fingerprint density at radius 3 is 2.94 bits per heavy atom. The molecule has 16 heavy (non-hydrogen) atoms. The Bertz CT molecular complexity index is 359. The third kappa shape index (κ3) is 2.37. The number of piperazine rings is 1. The number of hydrogen-bond acceptors (Lipinski definition) is 6. The van der Waals surface area contributed by atoms with Crippen LogP contribution in [0.2, 0.25) is 0 Å². The molecule has 0 atom stereocenters. The summed E-state index contributed by atoms with van der Waals surface area (Å²) in [6.07, 6.45) is 0. The largest absolute Gasteiger partial charge is 0.415 e. The monoisotopic (exact) mass is 225 g/mol. The zero-order chi connectivity index (χ0) is 11.4. The zero-order valence-electron chi connectivity index (χ0n) is 9.19. The molecule has 0 spiro atoms.